The van der Waals surface area contributed by atoms with E-state index in [-0.39, 0.29) is 17.4 Å². The van der Waals surface area contributed by atoms with Crippen LogP contribution in [0.25, 0.3) is 10.9 Å². The van der Waals surface area contributed by atoms with Gasteiger partial charge in [-0.05, 0) is 43.3 Å². The Hall–Kier alpha value is -2.84. The van der Waals surface area contributed by atoms with E-state index in [0.717, 1.165) is 0 Å². The Morgan fingerprint density at radius 2 is 1.96 bits per heavy atom. The first-order valence-electron chi connectivity index (χ1n) is 8.45. The molecular formula is C19H15ClN4O3S. The monoisotopic (exact) mass is 414 g/mol. The van der Waals surface area contributed by atoms with Crippen LogP contribution in [0.1, 0.15) is 23.9 Å². The van der Waals surface area contributed by atoms with Crippen LogP contribution in [0.3, 0.4) is 0 Å². The Bertz CT molecular complexity index is 1160. The number of thioether (sulfide) groups is 1. The Kier molecular flexibility index (Phi) is 5.31. The van der Waals surface area contributed by atoms with Crippen molar-refractivity contribution in [2.24, 2.45) is 0 Å². The molecule has 0 bridgehead atoms. The number of nitrogens with one attached hydrogen (secondary N) is 1. The van der Waals surface area contributed by atoms with Gasteiger partial charge in [0, 0.05) is 5.02 Å². The predicted octanol–water partition coefficient (Wildman–Crippen LogP) is 4.39. The molecule has 1 atom stereocenters. The second-order valence-corrected chi connectivity index (χ2v) is 7.66. The molecule has 2 aromatic carbocycles. The summed E-state index contributed by atoms with van der Waals surface area (Å²) in [6.45, 7) is 2.06. The zero-order valence-electron chi connectivity index (χ0n) is 14.8. The lowest BCUT2D eigenvalue weighted by Gasteiger charge is -2.08. The molecule has 0 fully saturated rings. The van der Waals surface area contributed by atoms with Gasteiger partial charge in [-0.2, -0.15) is 0 Å². The van der Waals surface area contributed by atoms with Crippen LogP contribution in [-0.2, 0) is 6.61 Å². The number of halogens is 1. The van der Waals surface area contributed by atoms with E-state index >= 15 is 0 Å². The molecule has 0 aliphatic heterocycles. The molecule has 7 nitrogen and oxygen atoms in total. The van der Waals surface area contributed by atoms with Gasteiger partial charge in [-0.15, -0.1) is 10.2 Å². The third kappa shape index (κ3) is 4.18. The highest BCUT2D eigenvalue weighted by Gasteiger charge is 2.16. The van der Waals surface area contributed by atoms with Crippen LogP contribution in [0.2, 0.25) is 5.02 Å². The van der Waals surface area contributed by atoms with Gasteiger partial charge in [-0.25, -0.2) is 4.98 Å². The molecule has 4 aromatic rings. The van der Waals surface area contributed by atoms with Gasteiger partial charge in [0.15, 0.2) is 6.61 Å². The highest BCUT2D eigenvalue weighted by molar-refractivity contribution is 7.99. The maximum atomic E-state index is 12.2. The number of nitrogens with zero attached hydrogens (tertiary/aromatic N) is 3. The lowest BCUT2D eigenvalue weighted by Crippen LogP contribution is -2.12. The quantitative estimate of drug-likeness (QED) is 0.467. The van der Waals surface area contributed by atoms with Crippen molar-refractivity contribution in [2.45, 2.75) is 24.0 Å². The Labute approximate surface area is 169 Å². The standard InChI is InChI=1S/C19H15ClN4O3S/c1-11(17-21-15-5-3-2-4-14(15)18(25)22-17)28-19-24-23-16(27-19)10-26-13-8-6-12(20)7-9-13/h2-9,11H,10H2,1H3,(H,21,22,25)/t11-/m0/s1. The maximum Gasteiger partial charge on any atom is 0.277 e. The summed E-state index contributed by atoms with van der Waals surface area (Å²) in [5.41, 5.74) is 0.479. The fourth-order valence-corrected chi connectivity index (χ4v) is 3.41. The minimum Gasteiger partial charge on any atom is -0.484 e. The SMILES string of the molecule is C[C@H](Sc1nnc(COc2ccc(Cl)cc2)o1)c1nc2ccccc2c(=O)[nH]1. The summed E-state index contributed by atoms with van der Waals surface area (Å²) in [5, 5.41) is 9.39. The molecule has 0 aliphatic carbocycles. The molecule has 0 unspecified atom stereocenters. The van der Waals surface area contributed by atoms with Gasteiger partial charge in [0.25, 0.3) is 16.7 Å². The van der Waals surface area contributed by atoms with Gasteiger partial charge in [0.1, 0.15) is 11.6 Å². The predicted molar refractivity (Wildman–Crippen MR) is 107 cm³/mol. The zero-order chi connectivity index (χ0) is 19.5. The van der Waals surface area contributed by atoms with Crippen LogP contribution in [-0.4, -0.2) is 20.2 Å². The third-order valence-electron chi connectivity index (χ3n) is 3.92. The highest BCUT2D eigenvalue weighted by atomic mass is 35.5. The lowest BCUT2D eigenvalue weighted by molar-refractivity contribution is 0.252. The van der Waals surface area contributed by atoms with Crippen molar-refractivity contribution >= 4 is 34.3 Å². The fourth-order valence-electron chi connectivity index (χ4n) is 2.52. The first-order valence-corrected chi connectivity index (χ1v) is 9.70. The van der Waals surface area contributed by atoms with E-state index in [2.05, 4.69) is 20.2 Å². The molecule has 28 heavy (non-hydrogen) atoms. The number of ether oxygens (including phenoxy) is 1. The average Bonchev–Trinajstić information content (AvgIpc) is 3.15. The van der Waals surface area contributed by atoms with Crippen LogP contribution >= 0.6 is 23.4 Å². The van der Waals surface area contributed by atoms with Gasteiger partial charge in [0.2, 0.25) is 0 Å². The van der Waals surface area contributed by atoms with Crippen LogP contribution in [0, 0.1) is 0 Å². The van der Waals surface area contributed by atoms with Gasteiger partial charge >= 0.3 is 0 Å². The molecule has 0 aliphatic rings. The number of aromatic amines is 1. The Balaban J connectivity index is 1.43. The third-order valence-corrected chi connectivity index (χ3v) is 5.11. The molecule has 2 aromatic heterocycles. The summed E-state index contributed by atoms with van der Waals surface area (Å²) >= 11 is 7.16. The summed E-state index contributed by atoms with van der Waals surface area (Å²) in [4.78, 5) is 19.6. The number of hydrogen-bond donors (Lipinski definition) is 1. The molecule has 2 heterocycles. The fraction of sp³-hybridized carbons (Fsp3) is 0.158. The number of para-hydroxylation sites is 1. The Morgan fingerprint density at radius 3 is 2.79 bits per heavy atom. The van der Waals surface area contributed by atoms with Crippen LogP contribution in [0.15, 0.2) is 63.0 Å². The molecule has 9 heteroatoms. The van der Waals surface area contributed by atoms with Gasteiger partial charge in [0.05, 0.1) is 16.2 Å². The normalized spacial score (nSPS) is 12.2. The second kappa shape index (κ2) is 8.04. The molecule has 0 spiro atoms. The number of aromatic nitrogens is 4. The minimum atomic E-state index is -0.178. The van der Waals surface area contributed by atoms with Crippen LogP contribution < -0.4 is 10.3 Å². The summed E-state index contributed by atoms with van der Waals surface area (Å²) in [6.07, 6.45) is 0. The molecule has 4 rings (SSSR count). The van der Waals surface area contributed by atoms with Gasteiger partial charge in [-0.1, -0.05) is 35.5 Å². The van der Waals surface area contributed by atoms with E-state index < -0.39 is 0 Å². The largest absolute Gasteiger partial charge is 0.484 e. The molecule has 0 amide bonds. The van der Waals surface area contributed by atoms with Crippen molar-refractivity contribution < 1.29 is 9.15 Å². The first kappa shape index (κ1) is 18.5. The smallest absolute Gasteiger partial charge is 0.277 e. The number of fused-ring (bicyclic) bond motifs is 1. The molecule has 0 saturated carbocycles. The summed E-state index contributed by atoms with van der Waals surface area (Å²) in [6, 6.07) is 14.2. The molecule has 0 radical (unpaired) electrons. The topological polar surface area (TPSA) is 93.9 Å². The van der Waals surface area contributed by atoms with E-state index in [9.17, 15) is 4.79 Å². The lowest BCUT2D eigenvalue weighted by atomic mass is 10.2. The minimum absolute atomic E-state index is 0.147. The van der Waals surface area contributed by atoms with E-state index in [0.29, 0.717) is 38.6 Å². The number of hydrogen-bond acceptors (Lipinski definition) is 7. The molecule has 1 N–H and O–H groups in total. The van der Waals surface area contributed by atoms with E-state index in [1.807, 2.05) is 25.1 Å². The van der Waals surface area contributed by atoms with E-state index in [1.54, 1.807) is 30.3 Å². The van der Waals surface area contributed by atoms with Crippen molar-refractivity contribution in [3.05, 3.63) is 75.6 Å². The molecule has 0 saturated heterocycles. The summed E-state index contributed by atoms with van der Waals surface area (Å²) in [7, 11) is 0. The van der Waals surface area contributed by atoms with Crippen LogP contribution in [0.5, 0.6) is 5.75 Å². The van der Waals surface area contributed by atoms with Gasteiger partial charge < -0.3 is 14.1 Å². The zero-order valence-corrected chi connectivity index (χ0v) is 16.3. The molecular weight excluding hydrogens is 400 g/mol. The summed E-state index contributed by atoms with van der Waals surface area (Å²) < 4.78 is 11.2. The van der Waals surface area contributed by atoms with Crippen molar-refractivity contribution in [2.75, 3.05) is 0 Å². The summed E-state index contributed by atoms with van der Waals surface area (Å²) in [5.74, 6) is 1.55. The van der Waals surface area contributed by atoms with Crippen molar-refractivity contribution in [3.8, 4) is 5.75 Å². The highest BCUT2D eigenvalue weighted by Crippen LogP contribution is 2.32. The first-order chi connectivity index (χ1) is 13.6. The maximum absolute atomic E-state index is 12.2. The van der Waals surface area contributed by atoms with Crippen LogP contribution in [0.4, 0.5) is 0 Å². The van der Waals surface area contributed by atoms with E-state index in [1.165, 1.54) is 11.8 Å². The van der Waals surface area contributed by atoms with E-state index in [4.69, 9.17) is 20.8 Å². The Morgan fingerprint density at radius 1 is 1.18 bits per heavy atom. The number of H-pyrrole nitrogens is 1. The number of rotatable bonds is 6. The van der Waals surface area contributed by atoms with Crippen molar-refractivity contribution in [1.29, 1.82) is 0 Å². The average molecular weight is 415 g/mol. The van der Waals surface area contributed by atoms with Gasteiger partial charge in [-0.3, -0.25) is 4.79 Å². The number of benzene rings is 2. The van der Waals surface area contributed by atoms with Crippen molar-refractivity contribution in [1.82, 2.24) is 20.2 Å². The second-order valence-electron chi connectivity index (χ2n) is 5.93. The van der Waals surface area contributed by atoms with Crippen molar-refractivity contribution in [3.63, 3.8) is 0 Å². The molecule has 142 valence electrons.